The molecule has 0 atom stereocenters. The molecule has 3 rings (SSSR count). The van der Waals surface area contributed by atoms with Gasteiger partial charge in [-0.05, 0) is 54.4 Å². The van der Waals surface area contributed by atoms with Crippen LogP contribution in [0.25, 0.3) is 0 Å². The third kappa shape index (κ3) is 5.41. The second-order valence-electron chi connectivity index (χ2n) is 6.21. The molecular formula is C22H22N4O2. The van der Waals surface area contributed by atoms with Crippen LogP contribution in [0, 0.1) is 6.92 Å². The second-order valence-corrected chi connectivity index (χ2v) is 6.21. The summed E-state index contributed by atoms with van der Waals surface area (Å²) in [5.41, 5.74) is 3.38. The Kier molecular flexibility index (Phi) is 6.36. The molecule has 2 N–H and O–H groups in total. The molecule has 142 valence electrons. The number of nitrogens with one attached hydrogen (secondary N) is 2. The molecular weight excluding hydrogens is 352 g/mol. The molecule has 0 saturated heterocycles. The Hall–Kier alpha value is -3.67. The van der Waals surface area contributed by atoms with E-state index >= 15 is 0 Å². The summed E-state index contributed by atoms with van der Waals surface area (Å²) in [5.74, 6) is 0.708. The summed E-state index contributed by atoms with van der Waals surface area (Å²) < 4.78 is 5.19. The number of aromatic nitrogens is 1. The highest BCUT2D eigenvalue weighted by atomic mass is 16.5. The lowest BCUT2D eigenvalue weighted by molar-refractivity contribution is 0.0976. The molecule has 28 heavy (non-hydrogen) atoms. The highest BCUT2D eigenvalue weighted by molar-refractivity contribution is 6.10. The van der Waals surface area contributed by atoms with Crippen molar-refractivity contribution < 1.29 is 9.53 Å². The van der Waals surface area contributed by atoms with Gasteiger partial charge < -0.3 is 10.1 Å². The average molecular weight is 374 g/mol. The molecule has 0 aliphatic rings. The van der Waals surface area contributed by atoms with Gasteiger partial charge in [0.15, 0.2) is 0 Å². The maximum atomic E-state index is 12.7. The average Bonchev–Trinajstić information content (AvgIpc) is 2.73. The van der Waals surface area contributed by atoms with Gasteiger partial charge in [-0.15, -0.1) is 0 Å². The molecule has 0 aliphatic heterocycles. The van der Waals surface area contributed by atoms with Crippen LogP contribution in [0.4, 0.5) is 5.69 Å². The largest absolute Gasteiger partial charge is 0.497 e. The van der Waals surface area contributed by atoms with Crippen molar-refractivity contribution in [3.63, 3.8) is 0 Å². The highest BCUT2D eigenvalue weighted by Crippen LogP contribution is 2.13. The quantitative estimate of drug-likeness (QED) is 0.526. The predicted octanol–water partition coefficient (Wildman–Crippen LogP) is 3.80. The molecule has 0 radical (unpaired) electrons. The number of nitrogens with zero attached hydrogens (tertiary/aromatic N) is 2. The van der Waals surface area contributed by atoms with E-state index in [0.717, 1.165) is 16.8 Å². The van der Waals surface area contributed by atoms with Gasteiger partial charge in [0.25, 0.3) is 5.91 Å². The molecule has 2 aromatic carbocycles. The van der Waals surface area contributed by atoms with Crippen LogP contribution in [0.1, 0.15) is 21.5 Å². The van der Waals surface area contributed by atoms with Crippen LogP contribution in [-0.4, -0.2) is 24.0 Å². The Labute approximate surface area is 164 Å². The van der Waals surface area contributed by atoms with Crippen LogP contribution in [0.3, 0.4) is 0 Å². The number of aryl methyl sites for hydroxylation is 1. The zero-order valence-electron chi connectivity index (χ0n) is 15.8. The molecule has 0 fully saturated rings. The third-order valence-electron chi connectivity index (χ3n) is 3.99. The van der Waals surface area contributed by atoms with Crippen LogP contribution >= 0.6 is 0 Å². The van der Waals surface area contributed by atoms with Crippen molar-refractivity contribution in [1.82, 2.24) is 10.3 Å². The molecule has 0 spiro atoms. The number of anilines is 1. The van der Waals surface area contributed by atoms with Gasteiger partial charge in [0.05, 0.1) is 13.7 Å². The fraction of sp³-hybridized carbons (Fsp3) is 0.136. The summed E-state index contributed by atoms with van der Waals surface area (Å²) in [6.45, 7) is 2.40. The molecule has 1 aromatic heterocycles. The van der Waals surface area contributed by atoms with Crippen molar-refractivity contribution in [2.24, 2.45) is 4.99 Å². The lowest BCUT2D eigenvalue weighted by Crippen LogP contribution is -2.36. The van der Waals surface area contributed by atoms with Gasteiger partial charge >= 0.3 is 0 Å². The Bertz CT molecular complexity index is 971. The van der Waals surface area contributed by atoms with E-state index in [4.69, 9.17) is 4.74 Å². The number of pyridine rings is 1. The fourth-order valence-corrected chi connectivity index (χ4v) is 2.58. The minimum atomic E-state index is -0.274. The molecule has 0 unspecified atom stereocenters. The second kappa shape index (κ2) is 9.32. The Morgan fingerprint density at radius 3 is 2.71 bits per heavy atom. The number of rotatable bonds is 5. The molecule has 1 heterocycles. The van der Waals surface area contributed by atoms with E-state index in [1.54, 1.807) is 43.8 Å². The van der Waals surface area contributed by atoms with Gasteiger partial charge in [-0.1, -0.05) is 24.3 Å². The van der Waals surface area contributed by atoms with Crippen LogP contribution in [0.2, 0.25) is 0 Å². The number of benzene rings is 2. The van der Waals surface area contributed by atoms with Gasteiger partial charge in [0.2, 0.25) is 5.96 Å². The number of carbonyl (C=O) groups excluding carboxylic acids is 1. The molecule has 0 aliphatic carbocycles. The van der Waals surface area contributed by atoms with Crippen LogP contribution in [0.15, 0.2) is 78.0 Å². The number of aliphatic imine (C=N–C) groups is 1. The molecule has 1 amide bonds. The van der Waals surface area contributed by atoms with Crippen LogP contribution < -0.4 is 15.4 Å². The number of carbonyl (C=O) groups is 1. The summed E-state index contributed by atoms with van der Waals surface area (Å²) in [6, 6.07) is 18.6. The van der Waals surface area contributed by atoms with E-state index in [1.807, 2.05) is 43.3 Å². The molecule has 6 heteroatoms. The maximum absolute atomic E-state index is 12.7. The van der Waals surface area contributed by atoms with E-state index in [0.29, 0.717) is 23.8 Å². The number of hydrogen-bond acceptors (Lipinski definition) is 4. The van der Waals surface area contributed by atoms with Gasteiger partial charge in [0.1, 0.15) is 5.75 Å². The van der Waals surface area contributed by atoms with Gasteiger partial charge in [-0.3, -0.25) is 15.1 Å². The zero-order valence-corrected chi connectivity index (χ0v) is 15.8. The van der Waals surface area contributed by atoms with Crippen LogP contribution in [0.5, 0.6) is 5.75 Å². The van der Waals surface area contributed by atoms with Crippen molar-refractivity contribution in [3.8, 4) is 5.75 Å². The van der Waals surface area contributed by atoms with E-state index in [-0.39, 0.29) is 5.91 Å². The standard InChI is InChI=1S/C22H22N4O2/c1-16-6-3-9-19(12-16)25-22(24-15-17-7-5-11-23-14-17)26-21(27)18-8-4-10-20(13-18)28-2/h3-14H,15H2,1-2H3,(H2,24,25,26,27). The topological polar surface area (TPSA) is 75.6 Å². The number of methoxy groups -OCH3 is 1. The number of ether oxygens (including phenoxy) is 1. The number of amides is 1. The van der Waals surface area contributed by atoms with Gasteiger partial charge in [-0.2, -0.15) is 0 Å². The van der Waals surface area contributed by atoms with Crippen molar-refractivity contribution >= 4 is 17.6 Å². The number of guanidine groups is 1. The molecule has 3 aromatic rings. The summed E-state index contributed by atoms with van der Waals surface area (Å²) >= 11 is 0. The lowest BCUT2D eigenvalue weighted by atomic mass is 10.2. The summed E-state index contributed by atoms with van der Waals surface area (Å²) in [7, 11) is 1.57. The number of hydrogen-bond donors (Lipinski definition) is 2. The summed E-state index contributed by atoms with van der Waals surface area (Å²) in [6.07, 6.45) is 3.46. The molecule has 0 bridgehead atoms. The van der Waals surface area contributed by atoms with Crippen molar-refractivity contribution in [3.05, 3.63) is 89.7 Å². The smallest absolute Gasteiger partial charge is 0.258 e. The fourth-order valence-electron chi connectivity index (χ4n) is 2.58. The van der Waals surface area contributed by atoms with E-state index in [9.17, 15) is 4.79 Å². The minimum absolute atomic E-state index is 0.274. The first-order chi connectivity index (χ1) is 13.6. The normalized spacial score (nSPS) is 11.0. The SMILES string of the molecule is COc1cccc(C(=O)NC(=NCc2cccnc2)Nc2cccc(C)c2)c1. The highest BCUT2D eigenvalue weighted by Gasteiger charge is 2.10. The predicted molar refractivity (Wildman–Crippen MR) is 111 cm³/mol. The Morgan fingerprint density at radius 1 is 1.11 bits per heavy atom. The van der Waals surface area contributed by atoms with Gasteiger partial charge in [0, 0.05) is 23.6 Å². The van der Waals surface area contributed by atoms with E-state index in [2.05, 4.69) is 20.6 Å². The molecule has 6 nitrogen and oxygen atoms in total. The first-order valence-electron chi connectivity index (χ1n) is 8.86. The maximum Gasteiger partial charge on any atom is 0.258 e. The minimum Gasteiger partial charge on any atom is -0.497 e. The first kappa shape index (κ1) is 19.1. The van der Waals surface area contributed by atoms with E-state index < -0.39 is 0 Å². The van der Waals surface area contributed by atoms with Crippen molar-refractivity contribution in [2.45, 2.75) is 13.5 Å². The van der Waals surface area contributed by atoms with E-state index in [1.165, 1.54) is 0 Å². The molecule has 0 saturated carbocycles. The van der Waals surface area contributed by atoms with Gasteiger partial charge in [-0.25, -0.2) is 4.99 Å². The monoisotopic (exact) mass is 374 g/mol. The van der Waals surface area contributed by atoms with Crippen LogP contribution in [-0.2, 0) is 6.54 Å². The summed E-state index contributed by atoms with van der Waals surface area (Å²) in [5, 5.41) is 6.03. The lowest BCUT2D eigenvalue weighted by Gasteiger charge is -2.13. The first-order valence-corrected chi connectivity index (χ1v) is 8.86. The Balaban J connectivity index is 1.81. The third-order valence-corrected chi connectivity index (χ3v) is 3.99. The zero-order chi connectivity index (χ0) is 19.8. The summed E-state index contributed by atoms with van der Waals surface area (Å²) in [4.78, 5) is 21.3. The van der Waals surface area contributed by atoms with Crippen molar-refractivity contribution in [2.75, 3.05) is 12.4 Å². The van der Waals surface area contributed by atoms with Crippen molar-refractivity contribution in [1.29, 1.82) is 0 Å². The Morgan fingerprint density at radius 2 is 1.96 bits per heavy atom.